The summed E-state index contributed by atoms with van der Waals surface area (Å²) in [4.78, 5) is 27.0. The fourth-order valence-corrected chi connectivity index (χ4v) is 2.81. The average Bonchev–Trinajstić information content (AvgIpc) is 2.35. The van der Waals surface area contributed by atoms with Crippen molar-refractivity contribution in [2.45, 2.75) is 45.3 Å². The molecule has 2 saturated heterocycles. The van der Waals surface area contributed by atoms with Crippen molar-refractivity contribution in [3.63, 3.8) is 0 Å². The van der Waals surface area contributed by atoms with Crippen molar-refractivity contribution in [2.24, 2.45) is 5.92 Å². The number of ether oxygens (including phenoxy) is 1. The van der Waals surface area contributed by atoms with E-state index in [-0.39, 0.29) is 12.0 Å². The maximum atomic E-state index is 12.0. The summed E-state index contributed by atoms with van der Waals surface area (Å²) in [6, 6.07) is 0.387. The molecular weight excluding hydrogens is 244 g/mol. The molecule has 5 nitrogen and oxygen atoms in total. The molecule has 2 fully saturated rings. The number of carbonyl (C=O) groups excluding carboxylic acids is 2. The minimum Gasteiger partial charge on any atom is -0.444 e. The molecule has 0 radical (unpaired) electrons. The number of hydrogen-bond donors (Lipinski definition) is 0. The van der Waals surface area contributed by atoms with Crippen LogP contribution in [0.1, 0.15) is 33.6 Å². The Morgan fingerprint density at radius 1 is 1.21 bits per heavy atom. The quantitative estimate of drug-likeness (QED) is 0.677. The van der Waals surface area contributed by atoms with Crippen LogP contribution in [0.25, 0.3) is 0 Å². The van der Waals surface area contributed by atoms with Gasteiger partial charge in [0.05, 0.1) is 0 Å². The molecule has 0 bridgehead atoms. The van der Waals surface area contributed by atoms with Gasteiger partial charge < -0.3 is 14.4 Å². The third kappa shape index (κ3) is 3.69. The molecule has 0 N–H and O–H groups in total. The first kappa shape index (κ1) is 14.3. The molecule has 0 aliphatic carbocycles. The molecule has 5 heteroatoms. The molecule has 2 heterocycles. The second-order valence-electron chi connectivity index (χ2n) is 6.55. The molecule has 1 amide bonds. The highest BCUT2D eigenvalue weighted by Crippen LogP contribution is 2.24. The van der Waals surface area contributed by atoms with E-state index in [2.05, 4.69) is 4.90 Å². The second-order valence-corrected chi connectivity index (χ2v) is 6.55. The van der Waals surface area contributed by atoms with Crippen molar-refractivity contribution < 1.29 is 14.3 Å². The molecule has 0 aromatic carbocycles. The third-order valence-corrected chi connectivity index (χ3v) is 3.79. The Kier molecular flexibility index (Phi) is 4.13. The van der Waals surface area contributed by atoms with Crippen LogP contribution in [0.4, 0.5) is 4.79 Å². The van der Waals surface area contributed by atoms with Gasteiger partial charge in [0.15, 0.2) is 0 Å². The summed E-state index contributed by atoms with van der Waals surface area (Å²) >= 11 is 0. The number of piperidine rings is 1. The molecule has 2 aliphatic rings. The maximum Gasteiger partial charge on any atom is 0.410 e. The summed E-state index contributed by atoms with van der Waals surface area (Å²) in [5, 5.41) is 0. The summed E-state index contributed by atoms with van der Waals surface area (Å²) in [5.41, 5.74) is -0.441. The van der Waals surface area contributed by atoms with Gasteiger partial charge in [-0.15, -0.1) is 0 Å². The van der Waals surface area contributed by atoms with Gasteiger partial charge in [0.1, 0.15) is 11.9 Å². The first-order valence-corrected chi connectivity index (χ1v) is 7.06. The number of carbonyl (C=O) groups is 2. The lowest BCUT2D eigenvalue weighted by Gasteiger charge is -2.45. The molecule has 0 spiro atoms. The zero-order valence-corrected chi connectivity index (χ0v) is 12.1. The van der Waals surface area contributed by atoms with Crippen LogP contribution in [0.5, 0.6) is 0 Å². The van der Waals surface area contributed by atoms with E-state index >= 15 is 0 Å². The summed E-state index contributed by atoms with van der Waals surface area (Å²) < 4.78 is 5.41. The van der Waals surface area contributed by atoms with Crippen LogP contribution >= 0.6 is 0 Å². The lowest BCUT2D eigenvalue weighted by Crippen LogP contribution is -2.58. The number of piperazine rings is 1. The van der Waals surface area contributed by atoms with E-state index in [0.29, 0.717) is 12.6 Å². The van der Waals surface area contributed by atoms with E-state index in [1.54, 1.807) is 4.90 Å². The first-order chi connectivity index (χ1) is 8.89. The molecule has 0 unspecified atom stereocenters. The van der Waals surface area contributed by atoms with E-state index in [4.69, 9.17) is 4.74 Å². The molecule has 0 aromatic rings. The van der Waals surface area contributed by atoms with Crippen LogP contribution in [-0.4, -0.2) is 60.0 Å². The van der Waals surface area contributed by atoms with Gasteiger partial charge in [0.25, 0.3) is 0 Å². The number of nitrogens with zero attached hydrogens (tertiary/aromatic N) is 2. The van der Waals surface area contributed by atoms with Crippen molar-refractivity contribution in [2.75, 3.05) is 26.2 Å². The van der Waals surface area contributed by atoms with Crippen LogP contribution < -0.4 is 0 Å². The van der Waals surface area contributed by atoms with Crippen LogP contribution in [0.15, 0.2) is 0 Å². The predicted octanol–water partition coefficient (Wildman–Crippen LogP) is 1.52. The largest absolute Gasteiger partial charge is 0.444 e. The number of aldehydes is 1. The van der Waals surface area contributed by atoms with Gasteiger partial charge in [0, 0.05) is 38.1 Å². The molecule has 0 aromatic heterocycles. The van der Waals surface area contributed by atoms with E-state index < -0.39 is 5.60 Å². The van der Waals surface area contributed by atoms with Crippen LogP contribution in [0, 0.1) is 5.92 Å². The average molecular weight is 268 g/mol. The smallest absolute Gasteiger partial charge is 0.410 e. The van der Waals surface area contributed by atoms with Gasteiger partial charge >= 0.3 is 6.09 Å². The molecule has 2 aliphatic heterocycles. The zero-order valence-electron chi connectivity index (χ0n) is 12.1. The SMILES string of the molecule is CC(C)(C)OC(=O)N1CCN2C[C@H](C=O)CC[C@@H]2C1. The van der Waals surface area contributed by atoms with Crippen molar-refractivity contribution in [1.82, 2.24) is 9.80 Å². The zero-order chi connectivity index (χ0) is 14.0. The molecule has 108 valence electrons. The Morgan fingerprint density at radius 2 is 1.95 bits per heavy atom. The van der Waals surface area contributed by atoms with E-state index in [9.17, 15) is 9.59 Å². The number of rotatable bonds is 1. The maximum absolute atomic E-state index is 12.0. The van der Waals surface area contributed by atoms with Crippen molar-refractivity contribution >= 4 is 12.4 Å². The third-order valence-electron chi connectivity index (χ3n) is 3.79. The number of hydrogen-bond acceptors (Lipinski definition) is 4. The van der Waals surface area contributed by atoms with Gasteiger partial charge in [-0.05, 0) is 33.6 Å². The highest BCUT2D eigenvalue weighted by molar-refractivity contribution is 5.68. The van der Waals surface area contributed by atoms with Crippen molar-refractivity contribution in [3.8, 4) is 0 Å². The lowest BCUT2D eigenvalue weighted by atomic mass is 9.92. The van der Waals surface area contributed by atoms with E-state index in [1.807, 2.05) is 20.8 Å². The molecule has 0 saturated carbocycles. The van der Waals surface area contributed by atoms with E-state index in [0.717, 1.165) is 38.8 Å². The van der Waals surface area contributed by atoms with Gasteiger partial charge in [-0.25, -0.2) is 4.79 Å². The Balaban J connectivity index is 1.89. The number of amides is 1. The van der Waals surface area contributed by atoms with Crippen LogP contribution in [0.2, 0.25) is 0 Å². The Morgan fingerprint density at radius 3 is 2.58 bits per heavy atom. The van der Waals surface area contributed by atoms with E-state index in [1.165, 1.54) is 0 Å². The van der Waals surface area contributed by atoms with Crippen LogP contribution in [-0.2, 0) is 9.53 Å². The summed E-state index contributed by atoms with van der Waals surface area (Å²) in [5.74, 6) is 0.171. The summed E-state index contributed by atoms with van der Waals surface area (Å²) in [6.07, 6.45) is 2.77. The van der Waals surface area contributed by atoms with Crippen molar-refractivity contribution in [3.05, 3.63) is 0 Å². The fourth-order valence-electron chi connectivity index (χ4n) is 2.81. The fraction of sp³-hybridized carbons (Fsp3) is 0.857. The minimum absolute atomic E-state index is 0.171. The van der Waals surface area contributed by atoms with Crippen molar-refractivity contribution in [1.29, 1.82) is 0 Å². The molecule has 2 rings (SSSR count). The number of fused-ring (bicyclic) bond motifs is 1. The van der Waals surface area contributed by atoms with Crippen LogP contribution in [0.3, 0.4) is 0 Å². The highest BCUT2D eigenvalue weighted by atomic mass is 16.6. The highest BCUT2D eigenvalue weighted by Gasteiger charge is 2.35. The summed E-state index contributed by atoms with van der Waals surface area (Å²) in [7, 11) is 0. The van der Waals surface area contributed by atoms with Gasteiger partial charge in [-0.3, -0.25) is 4.90 Å². The second kappa shape index (κ2) is 5.49. The van der Waals surface area contributed by atoms with Gasteiger partial charge in [0.2, 0.25) is 0 Å². The standard InChI is InChI=1S/C14H24N2O3/c1-14(2,3)19-13(18)16-7-6-15-8-11(10-17)4-5-12(15)9-16/h10-12H,4-9H2,1-3H3/t11-,12-/m1/s1. The molecule has 19 heavy (non-hydrogen) atoms. The first-order valence-electron chi connectivity index (χ1n) is 7.06. The molecule has 2 atom stereocenters. The minimum atomic E-state index is -0.441. The lowest BCUT2D eigenvalue weighted by molar-refractivity contribution is -0.113. The Bertz CT molecular complexity index is 351. The van der Waals surface area contributed by atoms with Gasteiger partial charge in [-0.2, -0.15) is 0 Å². The Labute approximate surface area is 114 Å². The summed E-state index contributed by atoms with van der Waals surface area (Å²) in [6.45, 7) is 8.76. The predicted molar refractivity (Wildman–Crippen MR) is 72.0 cm³/mol. The Hall–Kier alpha value is -1.10. The monoisotopic (exact) mass is 268 g/mol. The normalized spacial score (nSPS) is 28.7. The van der Waals surface area contributed by atoms with Gasteiger partial charge in [-0.1, -0.05) is 0 Å². The topological polar surface area (TPSA) is 49.9 Å². The molecular formula is C14H24N2O3.